The van der Waals surface area contributed by atoms with E-state index in [-0.39, 0.29) is 17.1 Å². The molecule has 0 aliphatic heterocycles. The largest absolute Gasteiger partial charge is 0.183 e. The normalized spacial score (nSPS) is 11.2. The topological polar surface area (TPSA) is 268 Å². The van der Waals surface area contributed by atoms with Gasteiger partial charge in [-0.2, -0.15) is 41.9 Å². The zero-order chi connectivity index (χ0) is 13.5. The van der Waals surface area contributed by atoms with Gasteiger partial charge in [-0.25, -0.2) is 0 Å². The van der Waals surface area contributed by atoms with Crippen molar-refractivity contribution in [1.29, 1.82) is 0 Å². The molecule has 0 spiro atoms. The summed E-state index contributed by atoms with van der Waals surface area (Å²) in [6.45, 7) is 0. The van der Waals surface area contributed by atoms with Gasteiger partial charge >= 0.3 is 0 Å². The first kappa shape index (κ1) is 25.7. The summed E-state index contributed by atoms with van der Waals surface area (Å²) >= 11 is 0. The van der Waals surface area contributed by atoms with Gasteiger partial charge in [-0.05, 0) is 0 Å². The first-order valence-corrected chi connectivity index (χ1v) is 5.69. The van der Waals surface area contributed by atoms with Crippen LogP contribution in [0.1, 0.15) is 0 Å². The van der Waals surface area contributed by atoms with Crippen molar-refractivity contribution in [3.05, 3.63) is 0 Å². The van der Waals surface area contributed by atoms with Crippen LogP contribution in [0.5, 0.6) is 0 Å². The molecule has 0 amide bonds. The summed E-state index contributed by atoms with van der Waals surface area (Å²) in [6.07, 6.45) is 0. The van der Waals surface area contributed by atoms with Crippen molar-refractivity contribution in [3.63, 3.8) is 0 Å². The van der Waals surface area contributed by atoms with E-state index in [1.54, 1.807) is 0 Å². The number of halogens is 3. The van der Waals surface area contributed by atoms with Crippen molar-refractivity contribution in [1.82, 2.24) is 0 Å². The van der Waals surface area contributed by atoms with Gasteiger partial charge in [-0.15, -0.1) is 0 Å². The van der Waals surface area contributed by atoms with Gasteiger partial charge in [0.15, 0.2) is 0 Å². The fourth-order valence-corrected chi connectivity index (χ4v) is 0. The van der Waals surface area contributed by atoms with Gasteiger partial charge in [0.1, 0.15) is 0 Å². The molecule has 0 fully saturated rings. The third kappa shape index (κ3) is 3490. The molecule has 3 N–H and O–H groups in total. The molecule has 0 bridgehead atoms. The maximum Gasteiger partial charge on any atom is 0.0777 e. The standard InChI is InChI=1S/3ClHO4.Fe/c3*2-1(3,4)5;/h3*(H,2,3,4,5);. The molecule has 0 aromatic carbocycles. The average Bonchev–Trinajstić information content (AvgIpc) is 1.41. The summed E-state index contributed by atoms with van der Waals surface area (Å²) in [5.41, 5.74) is 0. The molecule has 0 rings (SSSR count). The maximum atomic E-state index is 8.60. The minimum atomic E-state index is -4.69. The monoisotopic (exact) mass is 356 g/mol. The first-order valence-electron chi connectivity index (χ1n) is 1.90. The van der Waals surface area contributed by atoms with Gasteiger partial charge in [0.05, 0.1) is 44.7 Å². The Bertz CT molecular complexity index is 91.3. The third-order valence-electron chi connectivity index (χ3n) is 0. The number of rotatable bonds is 0. The molecule has 0 unspecified atom stereocenters. The summed E-state index contributed by atoms with van der Waals surface area (Å²) < 4.78 is 98.2. The minimum Gasteiger partial charge on any atom is -0.183 e. The van der Waals surface area contributed by atoms with E-state index >= 15 is 0 Å². The molecule has 0 aliphatic carbocycles. The van der Waals surface area contributed by atoms with Crippen molar-refractivity contribution in [3.8, 4) is 0 Å². The third-order valence-corrected chi connectivity index (χ3v) is 0. The van der Waals surface area contributed by atoms with E-state index in [0.29, 0.717) is 0 Å². The van der Waals surface area contributed by atoms with Gasteiger partial charge in [0, 0.05) is 17.1 Å². The van der Waals surface area contributed by atoms with E-state index in [0.717, 1.165) is 0 Å². The van der Waals surface area contributed by atoms with Crippen LogP contribution < -0.4 is 41.9 Å². The molecule has 16 heavy (non-hydrogen) atoms. The van der Waals surface area contributed by atoms with Crippen molar-refractivity contribution in [2.24, 2.45) is 0 Å². The minimum absolute atomic E-state index is 0. The van der Waals surface area contributed by atoms with Crippen LogP contribution in [0, 0.1) is 30.7 Å². The van der Waals surface area contributed by atoms with E-state index in [1.807, 2.05) is 0 Å². The van der Waals surface area contributed by atoms with Crippen molar-refractivity contribution >= 4 is 0 Å². The summed E-state index contributed by atoms with van der Waals surface area (Å²) in [6, 6.07) is 0. The first-order chi connectivity index (χ1) is 6.00. The summed E-state index contributed by atoms with van der Waals surface area (Å²) in [7, 11) is -14.1. The van der Waals surface area contributed by atoms with Crippen LogP contribution in [-0.2, 0) is 17.1 Å². The summed E-state index contributed by atoms with van der Waals surface area (Å²) in [5, 5.41) is 0. The SMILES string of the molecule is [Fe].[O-][Cl+3]([O-])([O-])O.[O-][Cl+3]([O-])([O-])O.[O-][Cl+3]([O-])([O-])O. The smallest absolute Gasteiger partial charge is 0.0777 e. The molecule has 0 saturated carbocycles. The average molecular weight is 357 g/mol. The molecule has 12 nitrogen and oxygen atoms in total. The van der Waals surface area contributed by atoms with Crippen LogP contribution in [0.25, 0.3) is 0 Å². The van der Waals surface area contributed by atoms with Crippen LogP contribution in [-0.4, -0.2) is 14.0 Å². The Hall–Kier alpha value is 0.909. The van der Waals surface area contributed by atoms with Crippen molar-refractivity contribution in [2.45, 2.75) is 0 Å². The molecule has 0 heterocycles. The van der Waals surface area contributed by atoms with Gasteiger partial charge in [0.25, 0.3) is 0 Å². The van der Waals surface area contributed by atoms with Gasteiger partial charge in [-0.3, -0.25) is 0 Å². The molecule has 0 aromatic rings. The van der Waals surface area contributed by atoms with E-state index in [1.165, 1.54) is 0 Å². The molecule has 0 aromatic heterocycles. The van der Waals surface area contributed by atoms with Crippen LogP contribution in [0.15, 0.2) is 0 Å². The molecule has 0 aliphatic rings. The van der Waals surface area contributed by atoms with E-state index < -0.39 is 30.7 Å². The Morgan fingerprint density at radius 1 is 0.438 bits per heavy atom. The zero-order valence-electron chi connectivity index (χ0n) is 6.50. The second-order valence-corrected chi connectivity index (χ2v) is 3.56. The van der Waals surface area contributed by atoms with Gasteiger partial charge in [-0.1, -0.05) is 0 Å². The second-order valence-electron chi connectivity index (χ2n) is 1.19. The molecular weight excluding hydrogens is 354 g/mol. The quantitative estimate of drug-likeness (QED) is 0.341. The van der Waals surface area contributed by atoms with E-state index in [4.69, 9.17) is 55.9 Å². The van der Waals surface area contributed by atoms with Crippen molar-refractivity contribution in [2.75, 3.05) is 0 Å². The Morgan fingerprint density at radius 3 is 0.438 bits per heavy atom. The Kier molecular flexibility index (Phi) is 15.9. The molecule has 0 saturated heterocycles. The number of hydrogen-bond acceptors (Lipinski definition) is 12. The second kappa shape index (κ2) is 9.89. The Morgan fingerprint density at radius 2 is 0.438 bits per heavy atom. The summed E-state index contributed by atoms with van der Waals surface area (Å²) in [4.78, 5) is 0. The predicted molar refractivity (Wildman–Crippen MR) is 6.66 cm³/mol. The fourth-order valence-electron chi connectivity index (χ4n) is 0. The molecule has 0 radical (unpaired) electrons. The Labute approximate surface area is 104 Å². The maximum absolute atomic E-state index is 8.60. The molecule has 104 valence electrons. The van der Waals surface area contributed by atoms with Crippen LogP contribution in [0.3, 0.4) is 0 Å². The molecular formula is H3Cl3FeO12. The van der Waals surface area contributed by atoms with Crippen LogP contribution >= 0.6 is 0 Å². The van der Waals surface area contributed by atoms with Crippen LogP contribution in [0.2, 0.25) is 0 Å². The predicted octanol–water partition coefficient (Wildman–Crippen LogP) is -12.4. The number of hydrogen-bond donors (Lipinski definition) is 3. The van der Waals surface area contributed by atoms with Crippen LogP contribution in [0.4, 0.5) is 0 Å². The van der Waals surface area contributed by atoms with E-state index in [2.05, 4.69) is 0 Å². The van der Waals surface area contributed by atoms with Gasteiger partial charge in [0.2, 0.25) is 0 Å². The summed E-state index contributed by atoms with van der Waals surface area (Å²) in [5.74, 6) is 0. The molecule has 16 heteroatoms. The fraction of sp³-hybridized carbons (Fsp3) is 0. The van der Waals surface area contributed by atoms with Crippen molar-refractivity contribution < 1.29 is 104 Å². The Balaban J connectivity index is -0.0000000655. The van der Waals surface area contributed by atoms with E-state index in [9.17, 15) is 0 Å². The molecule has 0 atom stereocenters. The van der Waals surface area contributed by atoms with Gasteiger partial charge < -0.3 is 0 Å². The zero-order valence-corrected chi connectivity index (χ0v) is 9.88.